The van der Waals surface area contributed by atoms with Crippen LogP contribution in [0.5, 0.6) is 28.9 Å². The lowest BCUT2D eigenvalue weighted by atomic mass is 10.2. The van der Waals surface area contributed by atoms with Crippen LogP contribution in [0.25, 0.3) is 10.9 Å². The van der Waals surface area contributed by atoms with E-state index in [1.54, 1.807) is 43.6 Å². The summed E-state index contributed by atoms with van der Waals surface area (Å²) in [6.07, 6.45) is 4.45. The summed E-state index contributed by atoms with van der Waals surface area (Å²) in [4.78, 5) is 25.5. The van der Waals surface area contributed by atoms with Crippen molar-refractivity contribution in [3.63, 3.8) is 0 Å². The summed E-state index contributed by atoms with van der Waals surface area (Å²) in [7, 11) is 10.2. The standard InChI is InChI=1S/C25H27N5O5P2/c1-26-6-7-34-20-11-17-15(10-19(20)33-3)25(29-13-28-17)35-23-21(36)8-14(9-22(23)37)30-24(31)16-12-27-5-4-18(16)32-2/h4-5,8-13,26H,6-7,36-37H2,1-3H3,(H,30,31). The molecule has 0 aliphatic heterocycles. The molecule has 4 aromatic rings. The number of rotatable bonds is 10. The van der Waals surface area contributed by atoms with Crippen LogP contribution in [0.1, 0.15) is 10.4 Å². The van der Waals surface area contributed by atoms with Gasteiger partial charge in [-0.2, -0.15) is 0 Å². The normalized spacial score (nSPS) is 10.7. The molecule has 0 spiro atoms. The molecule has 12 heteroatoms. The first-order valence-electron chi connectivity index (χ1n) is 11.2. The largest absolute Gasteiger partial charge is 0.496 e. The number of likely N-dealkylation sites (N-methyl/N-ethyl adjacent to an activating group) is 1. The molecule has 4 rings (SSSR count). The fourth-order valence-corrected chi connectivity index (χ4v) is 4.52. The number of hydrogen-bond donors (Lipinski definition) is 2. The molecule has 0 radical (unpaired) electrons. The smallest absolute Gasteiger partial charge is 0.261 e. The Bertz CT molecular complexity index is 1410. The molecule has 2 aromatic carbocycles. The second kappa shape index (κ2) is 12.1. The van der Waals surface area contributed by atoms with Gasteiger partial charge in [-0.05, 0) is 31.3 Å². The molecule has 2 unspecified atom stereocenters. The van der Waals surface area contributed by atoms with E-state index in [0.717, 1.165) is 0 Å². The number of aromatic nitrogens is 3. The van der Waals surface area contributed by atoms with Crippen LogP contribution in [0.3, 0.4) is 0 Å². The molecule has 2 N–H and O–H groups in total. The first kappa shape index (κ1) is 26.5. The molecule has 0 aliphatic rings. The van der Waals surface area contributed by atoms with Crippen molar-refractivity contribution in [3.05, 3.63) is 54.6 Å². The predicted octanol–water partition coefficient (Wildman–Crippen LogP) is 2.69. The lowest BCUT2D eigenvalue weighted by Gasteiger charge is -2.16. The Morgan fingerprint density at radius 3 is 2.46 bits per heavy atom. The van der Waals surface area contributed by atoms with E-state index in [1.807, 2.05) is 7.05 Å². The second-order valence-electron chi connectivity index (χ2n) is 7.77. The number of fused-ring (bicyclic) bond motifs is 1. The van der Waals surface area contributed by atoms with Gasteiger partial charge in [-0.15, -0.1) is 18.5 Å². The number of methoxy groups -OCH3 is 2. The topological polar surface area (TPSA) is 117 Å². The zero-order chi connectivity index (χ0) is 26.4. The Morgan fingerprint density at radius 1 is 1.00 bits per heavy atom. The molecule has 0 saturated heterocycles. The third-order valence-electron chi connectivity index (χ3n) is 5.34. The number of hydrogen-bond acceptors (Lipinski definition) is 9. The first-order valence-corrected chi connectivity index (χ1v) is 12.4. The van der Waals surface area contributed by atoms with Crippen molar-refractivity contribution in [1.82, 2.24) is 20.3 Å². The van der Waals surface area contributed by atoms with Crippen LogP contribution < -0.4 is 40.2 Å². The van der Waals surface area contributed by atoms with Crippen LogP contribution in [0.15, 0.2) is 49.1 Å². The third-order valence-corrected chi connectivity index (χ3v) is 6.20. The highest BCUT2D eigenvalue weighted by Gasteiger charge is 2.17. The number of carbonyl (C=O) groups excluding carboxylic acids is 1. The Kier molecular flexibility index (Phi) is 8.66. The van der Waals surface area contributed by atoms with E-state index in [9.17, 15) is 4.79 Å². The highest BCUT2D eigenvalue weighted by atomic mass is 31.0. The monoisotopic (exact) mass is 539 g/mol. The van der Waals surface area contributed by atoms with E-state index < -0.39 is 0 Å². The number of nitrogens with one attached hydrogen (secondary N) is 2. The lowest BCUT2D eigenvalue weighted by molar-refractivity contribution is 0.102. The average molecular weight is 539 g/mol. The number of amides is 1. The number of ether oxygens (including phenoxy) is 4. The SMILES string of the molecule is CNCCOc1cc2ncnc(Oc3c(P)cc(NC(=O)c4cnccc4OC)cc3P)c2cc1OC. The van der Waals surface area contributed by atoms with E-state index in [1.165, 1.54) is 19.6 Å². The summed E-state index contributed by atoms with van der Waals surface area (Å²) in [6.45, 7) is 1.18. The highest BCUT2D eigenvalue weighted by Crippen LogP contribution is 2.36. The van der Waals surface area contributed by atoms with E-state index in [4.69, 9.17) is 18.9 Å². The van der Waals surface area contributed by atoms with E-state index in [0.29, 0.717) is 74.8 Å². The van der Waals surface area contributed by atoms with Crippen molar-refractivity contribution >= 4 is 51.6 Å². The number of carbonyl (C=O) groups is 1. The summed E-state index contributed by atoms with van der Waals surface area (Å²) in [5, 5.41) is 8.01. The van der Waals surface area contributed by atoms with Gasteiger partial charge in [-0.1, -0.05) is 0 Å². The van der Waals surface area contributed by atoms with E-state index in [-0.39, 0.29) is 5.91 Å². The maximum absolute atomic E-state index is 12.8. The van der Waals surface area contributed by atoms with Crippen LogP contribution in [0, 0.1) is 0 Å². The van der Waals surface area contributed by atoms with Crippen molar-refractivity contribution < 1.29 is 23.7 Å². The van der Waals surface area contributed by atoms with Crippen molar-refractivity contribution in [2.75, 3.05) is 39.7 Å². The third kappa shape index (κ3) is 6.05. The predicted molar refractivity (Wildman–Crippen MR) is 149 cm³/mol. The second-order valence-corrected chi connectivity index (χ2v) is 9.01. The molecule has 10 nitrogen and oxygen atoms in total. The Labute approximate surface area is 218 Å². The average Bonchev–Trinajstić information content (AvgIpc) is 2.90. The van der Waals surface area contributed by atoms with Crippen LogP contribution >= 0.6 is 18.5 Å². The molecule has 192 valence electrons. The van der Waals surface area contributed by atoms with Crippen molar-refractivity contribution in [2.45, 2.75) is 0 Å². The van der Waals surface area contributed by atoms with Gasteiger partial charge in [0, 0.05) is 41.3 Å². The van der Waals surface area contributed by atoms with Crippen LogP contribution in [0.4, 0.5) is 5.69 Å². The first-order chi connectivity index (χ1) is 17.9. The molecule has 0 aliphatic carbocycles. The van der Waals surface area contributed by atoms with Crippen LogP contribution in [-0.4, -0.2) is 55.3 Å². The van der Waals surface area contributed by atoms with Gasteiger partial charge in [0.25, 0.3) is 5.91 Å². The zero-order valence-corrected chi connectivity index (χ0v) is 22.9. The molecular formula is C25H27N5O5P2. The lowest BCUT2D eigenvalue weighted by Crippen LogP contribution is -2.17. The Balaban J connectivity index is 1.61. The van der Waals surface area contributed by atoms with Crippen molar-refractivity contribution in [1.29, 1.82) is 0 Å². The van der Waals surface area contributed by atoms with Crippen LogP contribution in [0.2, 0.25) is 0 Å². The number of anilines is 1. The minimum absolute atomic E-state index is 0.330. The van der Waals surface area contributed by atoms with Crippen molar-refractivity contribution in [2.24, 2.45) is 0 Å². The summed E-state index contributed by atoms with van der Waals surface area (Å²) in [5.41, 5.74) is 1.56. The summed E-state index contributed by atoms with van der Waals surface area (Å²) in [6, 6.07) is 8.79. The van der Waals surface area contributed by atoms with Gasteiger partial charge in [0.2, 0.25) is 5.88 Å². The fraction of sp³-hybridized carbons (Fsp3) is 0.200. The van der Waals surface area contributed by atoms with Gasteiger partial charge in [0.1, 0.15) is 24.4 Å². The minimum Gasteiger partial charge on any atom is -0.496 e. The van der Waals surface area contributed by atoms with Crippen LogP contribution in [-0.2, 0) is 0 Å². The van der Waals surface area contributed by atoms with Gasteiger partial charge in [-0.25, -0.2) is 9.97 Å². The minimum atomic E-state index is -0.339. The maximum Gasteiger partial charge on any atom is 0.261 e. The molecule has 0 saturated carbocycles. The quantitative estimate of drug-likeness (QED) is 0.232. The summed E-state index contributed by atoms with van der Waals surface area (Å²) >= 11 is 0. The summed E-state index contributed by atoms with van der Waals surface area (Å²) < 4.78 is 22.8. The maximum atomic E-state index is 12.8. The fourth-order valence-electron chi connectivity index (χ4n) is 3.55. The highest BCUT2D eigenvalue weighted by molar-refractivity contribution is 7.30. The summed E-state index contributed by atoms with van der Waals surface area (Å²) in [5.74, 6) is 2.14. The number of nitrogens with zero attached hydrogens (tertiary/aromatic N) is 3. The van der Waals surface area contributed by atoms with Gasteiger partial charge >= 0.3 is 0 Å². The van der Waals surface area contributed by atoms with Gasteiger partial charge < -0.3 is 29.6 Å². The molecule has 0 bridgehead atoms. The van der Waals surface area contributed by atoms with E-state index in [2.05, 4.69) is 44.1 Å². The Hall–Kier alpha value is -3.58. The molecule has 2 heterocycles. The molecule has 2 atom stereocenters. The zero-order valence-electron chi connectivity index (χ0n) is 20.6. The number of pyridine rings is 1. The number of benzene rings is 2. The van der Waals surface area contributed by atoms with Gasteiger partial charge in [0.15, 0.2) is 11.5 Å². The van der Waals surface area contributed by atoms with Gasteiger partial charge in [-0.3, -0.25) is 9.78 Å². The van der Waals surface area contributed by atoms with Gasteiger partial charge in [0.05, 0.1) is 30.7 Å². The van der Waals surface area contributed by atoms with E-state index >= 15 is 0 Å². The molecule has 2 aromatic heterocycles. The Morgan fingerprint density at radius 2 is 1.76 bits per heavy atom. The molecule has 37 heavy (non-hydrogen) atoms. The molecule has 0 fully saturated rings. The van der Waals surface area contributed by atoms with Crippen molar-refractivity contribution in [3.8, 4) is 28.9 Å². The molecular weight excluding hydrogens is 512 g/mol. The molecule has 1 amide bonds.